The van der Waals surface area contributed by atoms with Gasteiger partial charge in [-0.25, -0.2) is 4.79 Å². The highest BCUT2D eigenvalue weighted by Gasteiger charge is 2.64. The fourth-order valence-corrected chi connectivity index (χ4v) is 7.27. The summed E-state index contributed by atoms with van der Waals surface area (Å²) in [7, 11) is 7.77. The third-order valence-corrected chi connectivity index (χ3v) is 9.48. The lowest BCUT2D eigenvalue weighted by atomic mass is 9.68. The molecule has 2 saturated carbocycles. The first-order valence-electron chi connectivity index (χ1n) is 13.9. The van der Waals surface area contributed by atoms with Gasteiger partial charge in [0.1, 0.15) is 11.4 Å². The minimum Gasteiger partial charge on any atom is -0.497 e. The van der Waals surface area contributed by atoms with Gasteiger partial charge in [-0.1, -0.05) is 55.7 Å². The van der Waals surface area contributed by atoms with Gasteiger partial charge in [-0.05, 0) is 87.9 Å². The SMILES string of the molecule is COc1ccc(Cc2cccc(C3(N(C)C)NC(=O)N(CCC4(OC)CCC4)C34CCCCC4)c2)cc1. The van der Waals surface area contributed by atoms with E-state index in [1.807, 2.05) is 19.2 Å². The number of likely N-dealkylation sites (N-methyl/N-ethyl adjacent to an activating group) is 1. The predicted octanol–water partition coefficient (Wildman–Crippen LogP) is 5.69. The number of rotatable bonds is 9. The molecule has 1 heterocycles. The maximum Gasteiger partial charge on any atom is 0.319 e. The molecule has 37 heavy (non-hydrogen) atoms. The number of amides is 2. The molecule has 200 valence electrons. The van der Waals surface area contributed by atoms with E-state index in [2.05, 4.69) is 65.6 Å². The molecule has 2 aromatic rings. The number of methoxy groups -OCH3 is 2. The smallest absolute Gasteiger partial charge is 0.319 e. The molecule has 1 N–H and O–H groups in total. The first-order chi connectivity index (χ1) is 17.9. The highest BCUT2D eigenvalue weighted by atomic mass is 16.5. The number of carbonyl (C=O) groups is 1. The molecular weight excluding hydrogens is 462 g/mol. The molecule has 2 amide bonds. The molecule has 6 nitrogen and oxygen atoms in total. The van der Waals surface area contributed by atoms with Gasteiger partial charge in [-0.15, -0.1) is 0 Å². The molecule has 1 spiro atoms. The fourth-order valence-electron chi connectivity index (χ4n) is 7.27. The molecule has 3 aliphatic rings. The van der Waals surface area contributed by atoms with E-state index in [0.717, 1.165) is 63.7 Å². The zero-order chi connectivity index (χ0) is 26.1. The summed E-state index contributed by atoms with van der Waals surface area (Å²) in [6, 6.07) is 17.2. The van der Waals surface area contributed by atoms with E-state index in [1.165, 1.54) is 29.5 Å². The fraction of sp³-hybridized carbons (Fsp3) is 0.581. The monoisotopic (exact) mass is 505 g/mol. The van der Waals surface area contributed by atoms with E-state index in [0.29, 0.717) is 0 Å². The standard InChI is InChI=1S/C31H43N3O3/c1-33(2)31(26-11-8-10-25(23-26)22-24-12-14-27(36-3)15-13-24)30(18-6-5-7-19-30)34(28(35)32-31)21-20-29(37-4)16-9-17-29/h8,10-15,23H,5-7,9,16-22H2,1-4H3,(H,32,35). The maximum atomic E-state index is 13.8. The lowest BCUT2D eigenvalue weighted by molar-refractivity contribution is -0.0905. The van der Waals surface area contributed by atoms with E-state index in [9.17, 15) is 4.79 Å². The molecule has 3 fully saturated rings. The summed E-state index contributed by atoms with van der Waals surface area (Å²) in [4.78, 5) is 18.3. The summed E-state index contributed by atoms with van der Waals surface area (Å²) < 4.78 is 11.3. The number of benzene rings is 2. The van der Waals surface area contributed by atoms with Gasteiger partial charge in [0.05, 0.1) is 18.2 Å². The second-order valence-electron chi connectivity index (χ2n) is 11.5. The Morgan fingerprint density at radius 3 is 2.24 bits per heavy atom. The van der Waals surface area contributed by atoms with Crippen LogP contribution in [0.1, 0.15) is 74.5 Å². The molecular formula is C31H43N3O3. The Hall–Kier alpha value is -2.57. The summed E-state index contributed by atoms with van der Waals surface area (Å²) in [5, 5.41) is 3.55. The number of nitrogens with one attached hydrogen (secondary N) is 1. The van der Waals surface area contributed by atoms with Crippen molar-refractivity contribution in [2.75, 3.05) is 34.9 Å². The van der Waals surface area contributed by atoms with E-state index in [-0.39, 0.29) is 17.2 Å². The molecule has 2 aliphatic carbocycles. The van der Waals surface area contributed by atoms with Crippen LogP contribution in [0, 0.1) is 0 Å². The maximum absolute atomic E-state index is 13.8. The Balaban J connectivity index is 1.50. The molecule has 6 heteroatoms. The predicted molar refractivity (Wildman–Crippen MR) is 147 cm³/mol. The first kappa shape index (κ1) is 26.1. The van der Waals surface area contributed by atoms with Crippen LogP contribution in [0.5, 0.6) is 5.75 Å². The van der Waals surface area contributed by atoms with Crippen LogP contribution in [0.25, 0.3) is 0 Å². The second-order valence-corrected chi connectivity index (χ2v) is 11.5. The van der Waals surface area contributed by atoms with Crippen LogP contribution >= 0.6 is 0 Å². The number of hydrogen-bond donors (Lipinski definition) is 1. The zero-order valence-electron chi connectivity index (χ0n) is 23.0. The van der Waals surface area contributed by atoms with Crippen LogP contribution in [0.2, 0.25) is 0 Å². The van der Waals surface area contributed by atoms with Gasteiger partial charge in [0, 0.05) is 13.7 Å². The Morgan fingerprint density at radius 2 is 1.65 bits per heavy atom. The van der Waals surface area contributed by atoms with Gasteiger partial charge >= 0.3 is 6.03 Å². The summed E-state index contributed by atoms with van der Waals surface area (Å²) >= 11 is 0. The summed E-state index contributed by atoms with van der Waals surface area (Å²) in [5.41, 5.74) is 2.73. The summed E-state index contributed by atoms with van der Waals surface area (Å²) in [6.07, 6.45) is 10.7. The minimum absolute atomic E-state index is 0.0572. The molecule has 5 rings (SSSR count). The van der Waals surface area contributed by atoms with E-state index in [1.54, 1.807) is 7.11 Å². The van der Waals surface area contributed by atoms with Gasteiger partial charge in [0.25, 0.3) is 0 Å². The Morgan fingerprint density at radius 1 is 0.919 bits per heavy atom. The number of urea groups is 1. The van der Waals surface area contributed by atoms with Crippen molar-refractivity contribution in [3.63, 3.8) is 0 Å². The number of carbonyl (C=O) groups excluding carboxylic acids is 1. The highest BCUT2D eigenvalue weighted by molar-refractivity contribution is 5.80. The van der Waals surface area contributed by atoms with Crippen LogP contribution in [-0.2, 0) is 16.8 Å². The minimum atomic E-state index is -0.583. The lowest BCUT2D eigenvalue weighted by Crippen LogP contribution is -2.66. The largest absolute Gasteiger partial charge is 0.497 e. The summed E-state index contributed by atoms with van der Waals surface area (Å²) in [6.45, 7) is 0.737. The topological polar surface area (TPSA) is 54.0 Å². The average molecular weight is 506 g/mol. The summed E-state index contributed by atoms with van der Waals surface area (Å²) in [5.74, 6) is 0.870. The molecule has 2 aromatic carbocycles. The van der Waals surface area contributed by atoms with Crippen molar-refractivity contribution < 1.29 is 14.3 Å². The lowest BCUT2D eigenvalue weighted by Gasteiger charge is -2.54. The van der Waals surface area contributed by atoms with Crippen molar-refractivity contribution in [3.05, 3.63) is 65.2 Å². The Kier molecular flexibility index (Phi) is 7.25. The van der Waals surface area contributed by atoms with Crippen molar-refractivity contribution in [1.29, 1.82) is 0 Å². The molecule has 1 saturated heterocycles. The van der Waals surface area contributed by atoms with Gasteiger partial charge < -0.3 is 19.7 Å². The zero-order valence-corrected chi connectivity index (χ0v) is 23.0. The Labute approximate surface area is 222 Å². The Bertz CT molecular complexity index is 1080. The highest BCUT2D eigenvalue weighted by Crippen LogP contribution is 2.52. The van der Waals surface area contributed by atoms with E-state index >= 15 is 0 Å². The van der Waals surface area contributed by atoms with Crippen LogP contribution in [0.4, 0.5) is 4.79 Å². The van der Waals surface area contributed by atoms with Crippen LogP contribution in [-0.4, -0.2) is 61.8 Å². The van der Waals surface area contributed by atoms with Crippen molar-refractivity contribution in [2.45, 2.75) is 81.0 Å². The second kappa shape index (κ2) is 10.3. The normalized spacial score (nSPS) is 24.2. The van der Waals surface area contributed by atoms with Crippen LogP contribution in [0.3, 0.4) is 0 Å². The van der Waals surface area contributed by atoms with Crippen molar-refractivity contribution in [3.8, 4) is 5.75 Å². The van der Waals surface area contributed by atoms with Crippen molar-refractivity contribution >= 4 is 6.03 Å². The van der Waals surface area contributed by atoms with Crippen molar-refractivity contribution in [1.82, 2.24) is 15.1 Å². The van der Waals surface area contributed by atoms with E-state index < -0.39 is 5.66 Å². The van der Waals surface area contributed by atoms with Crippen LogP contribution in [0.15, 0.2) is 48.5 Å². The third-order valence-electron chi connectivity index (χ3n) is 9.48. The molecule has 1 aliphatic heterocycles. The average Bonchev–Trinajstić information content (AvgIpc) is 3.12. The molecule has 0 radical (unpaired) electrons. The number of ether oxygens (including phenoxy) is 2. The van der Waals surface area contributed by atoms with Gasteiger partial charge in [-0.2, -0.15) is 0 Å². The number of nitrogens with zero attached hydrogens (tertiary/aromatic N) is 2. The molecule has 1 atom stereocenters. The number of hydrogen-bond acceptors (Lipinski definition) is 4. The quantitative estimate of drug-likeness (QED) is 0.476. The van der Waals surface area contributed by atoms with E-state index in [4.69, 9.17) is 9.47 Å². The third kappa shape index (κ3) is 4.42. The molecule has 1 unspecified atom stereocenters. The first-order valence-corrected chi connectivity index (χ1v) is 13.9. The van der Waals surface area contributed by atoms with Crippen molar-refractivity contribution in [2.24, 2.45) is 0 Å². The molecule has 0 bridgehead atoms. The van der Waals surface area contributed by atoms with Gasteiger partial charge in [-0.3, -0.25) is 4.90 Å². The van der Waals surface area contributed by atoms with Gasteiger partial charge in [0.2, 0.25) is 0 Å². The molecule has 0 aromatic heterocycles. The van der Waals surface area contributed by atoms with Crippen LogP contribution < -0.4 is 10.1 Å². The van der Waals surface area contributed by atoms with Gasteiger partial charge in [0.15, 0.2) is 0 Å².